The normalized spacial score (nSPS) is 10.6. The molecule has 0 spiro atoms. The van der Waals surface area contributed by atoms with Crippen molar-refractivity contribution in [2.24, 2.45) is 5.10 Å². The number of nitrogens with zero attached hydrogens (tertiary/aromatic N) is 2. The van der Waals surface area contributed by atoms with Gasteiger partial charge in [-0.15, -0.1) is 0 Å². The number of nitrogens with one attached hydrogen (secondary N) is 2. The van der Waals surface area contributed by atoms with Gasteiger partial charge in [0.1, 0.15) is 0 Å². The highest BCUT2D eigenvalue weighted by Gasteiger charge is 2.15. The lowest BCUT2D eigenvalue weighted by Crippen LogP contribution is -2.21. The van der Waals surface area contributed by atoms with Gasteiger partial charge < -0.3 is 9.73 Å². The molecular weight excluding hydrogens is 364 g/mol. The van der Waals surface area contributed by atoms with E-state index in [4.69, 9.17) is 4.42 Å². The monoisotopic (exact) mass is 378 g/mol. The molecule has 0 aliphatic heterocycles. The average Bonchev–Trinajstić information content (AvgIpc) is 3.24. The van der Waals surface area contributed by atoms with Gasteiger partial charge in [0.05, 0.1) is 28.7 Å². The summed E-state index contributed by atoms with van der Waals surface area (Å²) in [6, 6.07) is 15.2. The number of nitro groups is 1. The molecule has 0 saturated heterocycles. The van der Waals surface area contributed by atoms with Crippen molar-refractivity contribution in [3.63, 3.8) is 0 Å². The molecule has 140 valence electrons. The first-order chi connectivity index (χ1) is 13.5. The Morgan fingerprint density at radius 1 is 1.00 bits per heavy atom. The van der Waals surface area contributed by atoms with Gasteiger partial charge in [-0.25, -0.2) is 5.43 Å². The molecule has 0 saturated carbocycles. The lowest BCUT2D eigenvalue weighted by molar-refractivity contribution is -0.384. The number of non-ortho nitro benzene ring substituents is 1. The van der Waals surface area contributed by atoms with Crippen molar-refractivity contribution < 1.29 is 18.9 Å². The van der Waals surface area contributed by atoms with Crippen molar-refractivity contribution in [1.29, 1.82) is 0 Å². The molecule has 0 radical (unpaired) electrons. The van der Waals surface area contributed by atoms with Gasteiger partial charge in [0.25, 0.3) is 17.5 Å². The number of para-hydroxylation sites is 1. The van der Waals surface area contributed by atoms with Gasteiger partial charge in [-0.2, -0.15) is 5.10 Å². The predicted octanol–water partition coefficient (Wildman–Crippen LogP) is 3.20. The van der Waals surface area contributed by atoms with Gasteiger partial charge in [-0.1, -0.05) is 12.1 Å². The van der Waals surface area contributed by atoms with Crippen molar-refractivity contribution in [2.75, 3.05) is 5.32 Å². The van der Waals surface area contributed by atoms with Crippen LogP contribution in [0.5, 0.6) is 0 Å². The fourth-order valence-corrected chi connectivity index (χ4v) is 2.29. The summed E-state index contributed by atoms with van der Waals surface area (Å²) in [5, 5.41) is 17.1. The molecule has 0 bridgehead atoms. The maximum atomic E-state index is 12.4. The lowest BCUT2D eigenvalue weighted by Gasteiger charge is -2.08. The standard InChI is InChI=1S/C19H14N4O5/c24-18(22-20-12-13-7-9-14(10-8-13)23(26)27)15-4-1-2-5-16(15)21-19(25)17-6-3-11-28-17/h1-12H,(H,21,25)(H,22,24). The number of hydrogen-bond acceptors (Lipinski definition) is 6. The molecule has 3 aromatic rings. The number of rotatable bonds is 6. The SMILES string of the molecule is O=C(Nc1ccccc1C(=O)NN=Cc1ccc([N+](=O)[O-])cc1)c1ccco1. The Labute approximate surface area is 158 Å². The third-order valence-corrected chi connectivity index (χ3v) is 3.65. The third kappa shape index (κ3) is 4.47. The highest BCUT2D eigenvalue weighted by Crippen LogP contribution is 2.16. The summed E-state index contributed by atoms with van der Waals surface area (Å²) >= 11 is 0. The van der Waals surface area contributed by atoms with E-state index in [9.17, 15) is 19.7 Å². The van der Waals surface area contributed by atoms with Crippen LogP contribution < -0.4 is 10.7 Å². The molecule has 2 aromatic carbocycles. The van der Waals surface area contributed by atoms with Crippen LogP contribution in [0.4, 0.5) is 11.4 Å². The number of carbonyl (C=O) groups excluding carboxylic acids is 2. The number of hydrazone groups is 1. The van der Waals surface area contributed by atoms with E-state index in [1.807, 2.05) is 0 Å². The van der Waals surface area contributed by atoms with Gasteiger partial charge >= 0.3 is 0 Å². The number of amides is 2. The molecule has 0 aliphatic rings. The molecule has 0 aliphatic carbocycles. The maximum Gasteiger partial charge on any atom is 0.291 e. The van der Waals surface area contributed by atoms with Crippen LogP contribution in [-0.4, -0.2) is 23.0 Å². The van der Waals surface area contributed by atoms with Crippen LogP contribution in [0, 0.1) is 10.1 Å². The highest BCUT2D eigenvalue weighted by molar-refractivity contribution is 6.07. The highest BCUT2D eigenvalue weighted by atomic mass is 16.6. The smallest absolute Gasteiger partial charge is 0.291 e. The summed E-state index contributed by atoms with van der Waals surface area (Å²) in [7, 11) is 0. The topological polar surface area (TPSA) is 127 Å². The molecule has 28 heavy (non-hydrogen) atoms. The van der Waals surface area contributed by atoms with Gasteiger partial charge in [-0.05, 0) is 42.0 Å². The Balaban J connectivity index is 1.67. The maximum absolute atomic E-state index is 12.4. The number of carbonyl (C=O) groups is 2. The second kappa shape index (κ2) is 8.41. The summed E-state index contributed by atoms with van der Waals surface area (Å²) in [5.74, 6) is -0.903. The first kappa shape index (κ1) is 18.5. The Morgan fingerprint density at radius 2 is 1.75 bits per heavy atom. The zero-order chi connectivity index (χ0) is 19.9. The second-order valence-corrected chi connectivity index (χ2v) is 5.52. The molecule has 9 heteroatoms. The summed E-state index contributed by atoms with van der Waals surface area (Å²) in [6.07, 6.45) is 2.73. The van der Waals surface area contributed by atoms with E-state index in [0.717, 1.165) is 0 Å². The van der Waals surface area contributed by atoms with Crippen LogP contribution in [0.25, 0.3) is 0 Å². The number of benzene rings is 2. The van der Waals surface area contributed by atoms with Crippen LogP contribution >= 0.6 is 0 Å². The van der Waals surface area contributed by atoms with Crippen molar-refractivity contribution in [3.8, 4) is 0 Å². The zero-order valence-electron chi connectivity index (χ0n) is 14.4. The minimum atomic E-state index is -0.534. The number of furan rings is 1. The molecule has 1 heterocycles. The Hall–Kier alpha value is -4.27. The van der Waals surface area contributed by atoms with E-state index in [-0.39, 0.29) is 17.0 Å². The fraction of sp³-hybridized carbons (Fsp3) is 0. The molecule has 2 N–H and O–H groups in total. The Morgan fingerprint density at radius 3 is 2.43 bits per heavy atom. The van der Waals surface area contributed by atoms with Gasteiger partial charge in [0, 0.05) is 12.1 Å². The Bertz CT molecular complexity index is 1030. The van der Waals surface area contributed by atoms with Crippen LogP contribution in [0.15, 0.2) is 76.4 Å². The van der Waals surface area contributed by atoms with Crippen LogP contribution in [0.2, 0.25) is 0 Å². The van der Waals surface area contributed by atoms with Crippen LogP contribution in [0.1, 0.15) is 26.5 Å². The van der Waals surface area contributed by atoms with Crippen LogP contribution in [-0.2, 0) is 0 Å². The van der Waals surface area contributed by atoms with E-state index in [2.05, 4.69) is 15.8 Å². The second-order valence-electron chi connectivity index (χ2n) is 5.52. The minimum absolute atomic E-state index is 0.0394. The fourth-order valence-electron chi connectivity index (χ4n) is 2.29. The van der Waals surface area contributed by atoms with E-state index >= 15 is 0 Å². The quantitative estimate of drug-likeness (QED) is 0.387. The molecule has 0 unspecified atom stereocenters. The molecule has 2 amide bonds. The molecule has 3 rings (SSSR count). The third-order valence-electron chi connectivity index (χ3n) is 3.65. The first-order valence-electron chi connectivity index (χ1n) is 8.06. The molecular formula is C19H14N4O5. The summed E-state index contributed by atoms with van der Waals surface area (Å²) in [4.78, 5) is 34.6. The van der Waals surface area contributed by atoms with Gasteiger partial charge in [0.15, 0.2) is 5.76 Å². The molecule has 9 nitrogen and oxygen atoms in total. The van der Waals surface area contributed by atoms with Crippen molar-refractivity contribution in [1.82, 2.24) is 5.43 Å². The number of nitro benzene ring substituents is 1. The van der Waals surface area contributed by atoms with Crippen molar-refractivity contribution >= 4 is 29.4 Å². The van der Waals surface area contributed by atoms with E-state index < -0.39 is 16.7 Å². The van der Waals surface area contributed by atoms with E-state index in [0.29, 0.717) is 11.3 Å². The average molecular weight is 378 g/mol. The molecule has 0 atom stereocenters. The largest absolute Gasteiger partial charge is 0.459 e. The Kier molecular flexibility index (Phi) is 5.56. The van der Waals surface area contributed by atoms with Crippen molar-refractivity contribution in [2.45, 2.75) is 0 Å². The van der Waals surface area contributed by atoms with E-state index in [1.165, 1.54) is 48.9 Å². The van der Waals surface area contributed by atoms with Gasteiger partial charge in [0.2, 0.25) is 0 Å². The number of anilines is 1. The molecule has 1 aromatic heterocycles. The number of hydrogen-bond donors (Lipinski definition) is 2. The summed E-state index contributed by atoms with van der Waals surface area (Å²) in [5.41, 5.74) is 3.40. The van der Waals surface area contributed by atoms with Gasteiger partial charge in [-0.3, -0.25) is 19.7 Å². The lowest BCUT2D eigenvalue weighted by atomic mass is 10.1. The minimum Gasteiger partial charge on any atom is -0.459 e. The summed E-state index contributed by atoms with van der Waals surface area (Å²) in [6.45, 7) is 0. The predicted molar refractivity (Wildman–Crippen MR) is 101 cm³/mol. The summed E-state index contributed by atoms with van der Waals surface area (Å²) < 4.78 is 5.03. The zero-order valence-corrected chi connectivity index (χ0v) is 14.4. The molecule has 0 fully saturated rings. The first-order valence-corrected chi connectivity index (χ1v) is 8.06. The van der Waals surface area contributed by atoms with E-state index in [1.54, 1.807) is 24.3 Å². The van der Waals surface area contributed by atoms with Crippen LogP contribution in [0.3, 0.4) is 0 Å². The van der Waals surface area contributed by atoms with Crippen molar-refractivity contribution in [3.05, 3.63) is 93.9 Å².